The third-order valence-corrected chi connectivity index (χ3v) is 4.75. The third-order valence-electron chi connectivity index (χ3n) is 4.75. The molecule has 2 heterocycles. The minimum atomic E-state index is -0.443. The van der Waals surface area contributed by atoms with Crippen LogP contribution in [0, 0.1) is 13.8 Å². The molecule has 0 saturated heterocycles. The van der Waals surface area contributed by atoms with E-state index in [4.69, 9.17) is 9.15 Å². The molecule has 7 heteroatoms. The summed E-state index contributed by atoms with van der Waals surface area (Å²) in [5, 5.41) is 0. The standard InChI is InChI=1S/C21H28N2O5/c1-6-18(25)22(12-16-10-9-11-28-16)13-17(24)19-14(4)20(21(26)27-8-3)23(7-2)15(19)5/h9-11H,6-8,12-13H2,1-5H3. The molecule has 2 aromatic heterocycles. The maximum atomic E-state index is 13.1. The number of carbonyl (C=O) groups excluding carboxylic acids is 3. The lowest BCUT2D eigenvalue weighted by molar-refractivity contribution is -0.131. The van der Waals surface area contributed by atoms with Crippen LogP contribution in [0.2, 0.25) is 0 Å². The van der Waals surface area contributed by atoms with Crippen LogP contribution in [-0.2, 0) is 22.6 Å². The number of carbonyl (C=O) groups is 3. The van der Waals surface area contributed by atoms with Gasteiger partial charge in [0, 0.05) is 24.2 Å². The Morgan fingerprint density at radius 3 is 2.43 bits per heavy atom. The van der Waals surface area contributed by atoms with Gasteiger partial charge in [-0.15, -0.1) is 0 Å². The number of Topliss-reactive ketones (excluding diaryl/α,β-unsaturated/α-hetero) is 1. The van der Waals surface area contributed by atoms with Crippen molar-refractivity contribution in [3.8, 4) is 0 Å². The second kappa shape index (κ2) is 9.39. The summed E-state index contributed by atoms with van der Waals surface area (Å²) in [7, 11) is 0. The molecule has 0 fully saturated rings. The predicted octanol–water partition coefficient (Wildman–Crippen LogP) is 3.52. The molecular weight excluding hydrogens is 360 g/mol. The Bertz CT molecular complexity index is 849. The van der Waals surface area contributed by atoms with E-state index in [1.807, 2.05) is 13.8 Å². The molecule has 28 heavy (non-hydrogen) atoms. The summed E-state index contributed by atoms with van der Waals surface area (Å²) in [5.74, 6) is -0.177. The number of esters is 1. The van der Waals surface area contributed by atoms with Crippen LogP contribution in [0.15, 0.2) is 22.8 Å². The zero-order valence-corrected chi connectivity index (χ0v) is 17.2. The fourth-order valence-electron chi connectivity index (χ4n) is 3.46. The minimum Gasteiger partial charge on any atom is -0.467 e. The average molecular weight is 388 g/mol. The number of rotatable bonds is 9. The summed E-state index contributed by atoms with van der Waals surface area (Å²) >= 11 is 0. The summed E-state index contributed by atoms with van der Waals surface area (Å²) in [6, 6.07) is 3.51. The van der Waals surface area contributed by atoms with Crippen molar-refractivity contribution in [2.24, 2.45) is 0 Å². The Balaban J connectivity index is 2.36. The van der Waals surface area contributed by atoms with E-state index < -0.39 is 5.97 Å². The van der Waals surface area contributed by atoms with Crippen molar-refractivity contribution in [1.29, 1.82) is 0 Å². The Morgan fingerprint density at radius 1 is 1.18 bits per heavy atom. The van der Waals surface area contributed by atoms with Crippen LogP contribution in [0.4, 0.5) is 0 Å². The highest BCUT2D eigenvalue weighted by Gasteiger charge is 2.28. The number of hydrogen-bond acceptors (Lipinski definition) is 5. The number of aromatic nitrogens is 1. The van der Waals surface area contributed by atoms with Crippen LogP contribution < -0.4 is 0 Å². The van der Waals surface area contributed by atoms with E-state index in [0.717, 1.165) is 0 Å². The number of ketones is 1. The Hall–Kier alpha value is -2.83. The molecule has 0 aromatic carbocycles. The van der Waals surface area contributed by atoms with Gasteiger partial charge < -0.3 is 18.6 Å². The van der Waals surface area contributed by atoms with E-state index in [-0.39, 0.29) is 37.8 Å². The van der Waals surface area contributed by atoms with Crippen LogP contribution >= 0.6 is 0 Å². The first-order valence-corrected chi connectivity index (χ1v) is 9.55. The van der Waals surface area contributed by atoms with Crippen LogP contribution in [0.25, 0.3) is 0 Å². The molecule has 152 valence electrons. The molecule has 0 aliphatic rings. The van der Waals surface area contributed by atoms with Gasteiger partial charge in [0.15, 0.2) is 5.78 Å². The number of hydrogen-bond donors (Lipinski definition) is 0. The van der Waals surface area contributed by atoms with Gasteiger partial charge in [-0.25, -0.2) is 4.79 Å². The van der Waals surface area contributed by atoms with Crippen molar-refractivity contribution >= 4 is 17.7 Å². The molecular formula is C21H28N2O5. The average Bonchev–Trinajstić information content (AvgIpc) is 3.26. The zero-order chi connectivity index (χ0) is 20.8. The number of nitrogens with zero attached hydrogens (tertiary/aromatic N) is 2. The second-order valence-corrected chi connectivity index (χ2v) is 6.50. The fourth-order valence-corrected chi connectivity index (χ4v) is 3.46. The first kappa shape index (κ1) is 21.5. The molecule has 2 aromatic rings. The van der Waals surface area contributed by atoms with Gasteiger partial charge in [0.1, 0.15) is 11.5 Å². The lowest BCUT2D eigenvalue weighted by Gasteiger charge is -2.20. The number of ether oxygens (including phenoxy) is 1. The van der Waals surface area contributed by atoms with Crippen LogP contribution in [-0.4, -0.2) is 40.3 Å². The molecule has 7 nitrogen and oxygen atoms in total. The zero-order valence-electron chi connectivity index (χ0n) is 17.2. The van der Waals surface area contributed by atoms with Gasteiger partial charge in [-0.1, -0.05) is 6.92 Å². The SMILES string of the molecule is CCOC(=O)c1c(C)c(C(=O)CN(Cc2ccco2)C(=O)CC)c(C)n1CC. The smallest absolute Gasteiger partial charge is 0.355 e. The van der Waals surface area contributed by atoms with E-state index in [0.29, 0.717) is 34.8 Å². The summed E-state index contributed by atoms with van der Waals surface area (Å²) < 4.78 is 12.3. The highest BCUT2D eigenvalue weighted by atomic mass is 16.5. The molecule has 0 saturated carbocycles. The van der Waals surface area contributed by atoms with Gasteiger partial charge in [0.25, 0.3) is 0 Å². The lowest BCUT2D eigenvalue weighted by Crippen LogP contribution is -2.35. The van der Waals surface area contributed by atoms with Crippen molar-refractivity contribution in [3.63, 3.8) is 0 Å². The maximum absolute atomic E-state index is 13.1. The van der Waals surface area contributed by atoms with E-state index in [9.17, 15) is 14.4 Å². The van der Waals surface area contributed by atoms with E-state index in [1.165, 1.54) is 11.2 Å². The molecule has 2 rings (SSSR count). The van der Waals surface area contributed by atoms with Gasteiger partial charge in [0.05, 0.1) is 26.0 Å². The van der Waals surface area contributed by atoms with Crippen molar-refractivity contribution in [1.82, 2.24) is 9.47 Å². The molecule has 0 bridgehead atoms. The fraction of sp³-hybridized carbons (Fsp3) is 0.476. The maximum Gasteiger partial charge on any atom is 0.355 e. The highest BCUT2D eigenvalue weighted by molar-refractivity contribution is 6.04. The van der Waals surface area contributed by atoms with Crippen LogP contribution in [0.1, 0.15) is 65.1 Å². The number of furan rings is 1. The van der Waals surface area contributed by atoms with Crippen molar-refractivity contribution < 1.29 is 23.5 Å². The van der Waals surface area contributed by atoms with Crippen LogP contribution in [0.5, 0.6) is 0 Å². The largest absolute Gasteiger partial charge is 0.467 e. The monoisotopic (exact) mass is 388 g/mol. The molecule has 0 unspecified atom stereocenters. The first-order chi connectivity index (χ1) is 13.3. The van der Waals surface area contributed by atoms with Crippen LogP contribution in [0.3, 0.4) is 0 Å². The van der Waals surface area contributed by atoms with Gasteiger partial charge in [-0.3, -0.25) is 9.59 Å². The first-order valence-electron chi connectivity index (χ1n) is 9.55. The van der Waals surface area contributed by atoms with E-state index in [1.54, 1.807) is 37.5 Å². The molecule has 0 atom stereocenters. The summed E-state index contributed by atoms with van der Waals surface area (Å²) in [5.41, 5.74) is 2.16. The molecule has 0 aliphatic carbocycles. The van der Waals surface area contributed by atoms with Crippen molar-refractivity contribution in [3.05, 3.63) is 46.7 Å². The van der Waals surface area contributed by atoms with E-state index >= 15 is 0 Å². The Kier molecular flexibility index (Phi) is 7.20. The number of amides is 1. The third kappa shape index (κ3) is 4.35. The van der Waals surface area contributed by atoms with Gasteiger partial charge in [-0.2, -0.15) is 0 Å². The Morgan fingerprint density at radius 2 is 1.89 bits per heavy atom. The van der Waals surface area contributed by atoms with Gasteiger partial charge in [-0.05, 0) is 45.4 Å². The summed E-state index contributed by atoms with van der Waals surface area (Å²) in [6.07, 6.45) is 1.82. The molecule has 1 amide bonds. The van der Waals surface area contributed by atoms with E-state index in [2.05, 4.69) is 0 Å². The predicted molar refractivity (Wildman–Crippen MR) is 104 cm³/mol. The summed E-state index contributed by atoms with van der Waals surface area (Å²) in [6.45, 7) is 9.91. The summed E-state index contributed by atoms with van der Waals surface area (Å²) in [4.78, 5) is 39.3. The van der Waals surface area contributed by atoms with Crippen molar-refractivity contribution in [2.75, 3.05) is 13.2 Å². The molecule has 0 radical (unpaired) electrons. The second-order valence-electron chi connectivity index (χ2n) is 6.50. The quantitative estimate of drug-likeness (QED) is 0.485. The van der Waals surface area contributed by atoms with Gasteiger partial charge in [0.2, 0.25) is 5.91 Å². The highest BCUT2D eigenvalue weighted by Crippen LogP contribution is 2.24. The lowest BCUT2D eigenvalue weighted by atomic mass is 10.0. The molecule has 0 N–H and O–H groups in total. The van der Waals surface area contributed by atoms with Gasteiger partial charge >= 0.3 is 5.97 Å². The molecule has 0 aliphatic heterocycles. The Labute approximate surface area is 165 Å². The molecule has 0 spiro atoms. The minimum absolute atomic E-state index is 0.0783. The normalized spacial score (nSPS) is 10.8. The topological polar surface area (TPSA) is 81.8 Å². The van der Waals surface area contributed by atoms with Crippen molar-refractivity contribution in [2.45, 2.75) is 54.1 Å².